The summed E-state index contributed by atoms with van der Waals surface area (Å²) < 4.78 is 26.7. The molecular formula is C14H17N3O3S. The molecule has 0 aliphatic carbocycles. The Kier molecular flexibility index (Phi) is 4.30. The SMILES string of the molecule is CC1CCC(C(N)=O)CN1S(=O)(=O)c1cccc(C#N)c1. The van der Waals surface area contributed by atoms with E-state index >= 15 is 0 Å². The fourth-order valence-electron chi connectivity index (χ4n) is 2.50. The lowest BCUT2D eigenvalue weighted by molar-refractivity contribution is -0.123. The first-order valence-electron chi connectivity index (χ1n) is 6.67. The lowest BCUT2D eigenvalue weighted by Gasteiger charge is -2.35. The molecular weight excluding hydrogens is 290 g/mol. The predicted molar refractivity (Wildman–Crippen MR) is 76.4 cm³/mol. The Morgan fingerprint density at radius 2 is 2.14 bits per heavy atom. The van der Waals surface area contributed by atoms with Gasteiger partial charge in [-0.1, -0.05) is 6.07 Å². The number of carbonyl (C=O) groups is 1. The van der Waals surface area contributed by atoms with Crippen LogP contribution >= 0.6 is 0 Å². The highest BCUT2D eigenvalue weighted by atomic mass is 32.2. The van der Waals surface area contributed by atoms with Crippen molar-refractivity contribution in [2.75, 3.05) is 6.54 Å². The molecule has 1 heterocycles. The van der Waals surface area contributed by atoms with E-state index in [9.17, 15) is 13.2 Å². The molecule has 1 amide bonds. The fourth-order valence-corrected chi connectivity index (χ4v) is 4.26. The summed E-state index contributed by atoms with van der Waals surface area (Å²) in [5, 5.41) is 8.89. The van der Waals surface area contributed by atoms with Gasteiger partial charge in [0.2, 0.25) is 15.9 Å². The van der Waals surface area contributed by atoms with Crippen LogP contribution in [0.5, 0.6) is 0 Å². The molecule has 2 atom stereocenters. The van der Waals surface area contributed by atoms with E-state index in [2.05, 4.69) is 0 Å². The van der Waals surface area contributed by atoms with Crippen molar-refractivity contribution in [3.8, 4) is 6.07 Å². The van der Waals surface area contributed by atoms with Crippen molar-refractivity contribution in [2.24, 2.45) is 11.7 Å². The Morgan fingerprint density at radius 3 is 2.76 bits per heavy atom. The summed E-state index contributed by atoms with van der Waals surface area (Å²) in [5.74, 6) is -0.942. The summed E-state index contributed by atoms with van der Waals surface area (Å²) in [7, 11) is -3.74. The molecule has 21 heavy (non-hydrogen) atoms. The molecule has 2 unspecified atom stereocenters. The van der Waals surface area contributed by atoms with Crippen LogP contribution in [0.25, 0.3) is 0 Å². The number of nitrogens with zero attached hydrogens (tertiary/aromatic N) is 2. The summed E-state index contributed by atoms with van der Waals surface area (Å²) in [4.78, 5) is 11.4. The third-order valence-electron chi connectivity index (χ3n) is 3.80. The zero-order chi connectivity index (χ0) is 15.6. The summed E-state index contributed by atoms with van der Waals surface area (Å²) >= 11 is 0. The number of sulfonamides is 1. The Balaban J connectivity index is 2.37. The number of hydrogen-bond acceptors (Lipinski definition) is 4. The van der Waals surface area contributed by atoms with E-state index in [-0.39, 0.29) is 23.0 Å². The Morgan fingerprint density at radius 1 is 1.43 bits per heavy atom. The average molecular weight is 307 g/mol. The topological polar surface area (TPSA) is 104 Å². The smallest absolute Gasteiger partial charge is 0.243 e. The molecule has 0 spiro atoms. The van der Waals surface area contributed by atoms with E-state index in [0.717, 1.165) is 0 Å². The molecule has 0 saturated carbocycles. The number of rotatable bonds is 3. The number of primary amides is 1. The highest BCUT2D eigenvalue weighted by molar-refractivity contribution is 7.89. The van der Waals surface area contributed by atoms with E-state index < -0.39 is 21.8 Å². The van der Waals surface area contributed by atoms with Crippen LogP contribution in [0, 0.1) is 17.2 Å². The van der Waals surface area contributed by atoms with Gasteiger partial charge in [-0.25, -0.2) is 8.42 Å². The van der Waals surface area contributed by atoms with E-state index in [1.54, 1.807) is 6.07 Å². The number of carbonyl (C=O) groups excluding carboxylic acids is 1. The summed E-state index contributed by atoms with van der Waals surface area (Å²) in [6, 6.07) is 7.60. The van der Waals surface area contributed by atoms with Crippen molar-refractivity contribution in [3.05, 3.63) is 29.8 Å². The first-order chi connectivity index (χ1) is 9.86. The van der Waals surface area contributed by atoms with Gasteiger partial charge in [0.15, 0.2) is 0 Å². The van der Waals surface area contributed by atoms with Gasteiger partial charge in [0, 0.05) is 12.6 Å². The average Bonchev–Trinajstić information content (AvgIpc) is 2.47. The summed E-state index contributed by atoms with van der Waals surface area (Å²) in [6.45, 7) is 1.90. The van der Waals surface area contributed by atoms with Crippen molar-refractivity contribution in [1.82, 2.24) is 4.31 Å². The number of nitrogens with two attached hydrogens (primary N) is 1. The molecule has 1 saturated heterocycles. The monoisotopic (exact) mass is 307 g/mol. The molecule has 1 fully saturated rings. The number of nitriles is 1. The van der Waals surface area contributed by atoms with Crippen LogP contribution in [0.1, 0.15) is 25.3 Å². The molecule has 1 aliphatic heterocycles. The molecule has 1 aromatic carbocycles. The minimum Gasteiger partial charge on any atom is -0.369 e. The van der Waals surface area contributed by atoms with Crippen LogP contribution in [0.3, 0.4) is 0 Å². The Labute approximate surface area is 124 Å². The molecule has 0 bridgehead atoms. The van der Waals surface area contributed by atoms with Gasteiger partial charge in [-0.3, -0.25) is 4.79 Å². The first kappa shape index (κ1) is 15.5. The second-order valence-corrected chi connectivity index (χ2v) is 7.13. The lowest BCUT2D eigenvalue weighted by Crippen LogP contribution is -2.48. The predicted octanol–water partition coefficient (Wildman–Crippen LogP) is 0.833. The van der Waals surface area contributed by atoms with Gasteiger partial charge in [-0.15, -0.1) is 0 Å². The summed E-state index contributed by atoms with van der Waals surface area (Å²) in [6.07, 6.45) is 1.19. The van der Waals surface area contributed by atoms with Crippen molar-refractivity contribution in [3.63, 3.8) is 0 Å². The van der Waals surface area contributed by atoms with Crippen molar-refractivity contribution < 1.29 is 13.2 Å². The van der Waals surface area contributed by atoms with E-state index in [0.29, 0.717) is 12.8 Å². The minimum atomic E-state index is -3.74. The number of benzene rings is 1. The number of amides is 1. The second kappa shape index (κ2) is 5.84. The van der Waals surface area contributed by atoms with E-state index in [4.69, 9.17) is 11.0 Å². The minimum absolute atomic E-state index is 0.0681. The van der Waals surface area contributed by atoms with Gasteiger partial charge in [0.1, 0.15) is 0 Å². The Bertz CT molecular complexity index is 694. The number of piperidine rings is 1. The van der Waals surface area contributed by atoms with Crippen LogP contribution in [0.2, 0.25) is 0 Å². The van der Waals surface area contributed by atoms with E-state index in [1.165, 1.54) is 22.5 Å². The molecule has 6 nitrogen and oxygen atoms in total. The van der Waals surface area contributed by atoms with Crippen molar-refractivity contribution in [1.29, 1.82) is 5.26 Å². The van der Waals surface area contributed by atoms with Gasteiger partial charge in [0.25, 0.3) is 0 Å². The standard InChI is InChI=1S/C14H17N3O3S/c1-10-5-6-12(14(16)18)9-17(10)21(19,20)13-4-2-3-11(7-13)8-15/h2-4,7,10,12H,5-6,9H2,1H3,(H2,16,18). The Hall–Kier alpha value is -1.91. The van der Waals surface area contributed by atoms with E-state index in [1.807, 2.05) is 13.0 Å². The van der Waals surface area contributed by atoms with Gasteiger partial charge in [0.05, 0.1) is 22.4 Å². The van der Waals surface area contributed by atoms with Crippen LogP contribution in [0.4, 0.5) is 0 Å². The lowest BCUT2D eigenvalue weighted by atomic mass is 9.95. The second-order valence-electron chi connectivity index (χ2n) is 5.24. The van der Waals surface area contributed by atoms with Crippen LogP contribution in [-0.2, 0) is 14.8 Å². The van der Waals surface area contributed by atoms with Crippen molar-refractivity contribution in [2.45, 2.75) is 30.7 Å². The maximum atomic E-state index is 12.7. The summed E-state index contributed by atoms with van der Waals surface area (Å²) in [5.41, 5.74) is 5.58. The first-order valence-corrected chi connectivity index (χ1v) is 8.11. The fraction of sp³-hybridized carbons (Fsp3) is 0.429. The highest BCUT2D eigenvalue weighted by Crippen LogP contribution is 2.28. The maximum absolute atomic E-state index is 12.7. The van der Waals surface area contributed by atoms with Gasteiger partial charge >= 0.3 is 0 Å². The molecule has 1 aromatic rings. The van der Waals surface area contributed by atoms with Crippen molar-refractivity contribution >= 4 is 15.9 Å². The molecule has 0 radical (unpaired) electrons. The van der Waals surface area contributed by atoms with Gasteiger partial charge in [-0.05, 0) is 38.0 Å². The van der Waals surface area contributed by atoms with Gasteiger partial charge < -0.3 is 5.73 Å². The third-order valence-corrected chi connectivity index (χ3v) is 5.77. The highest BCUT2D eigenvalue weighted by Gasteiger charge is 2.36. The maximum Gasteiger partial charge on any atom is 0.243 e. The third kappa shape index (κ3) is 3.06. The zero-order valence-electron chi connectivity index (χ0n) is 11.7. The van der Waals surface area contributed by atoms with Gasteiger partial charge in [-0.2, -0.15) is 9.57 Å². The quantitative estimate of drug-likeness (QED) is 0.893. The van der Waals surface area contributed by atoms with Crippen LogP contribution < -0.4 is 5.73 Å². The molecule has 2 N–H and O–H groups in total. The normalized spacial score (nSPS) is 23.4. The number of hydrogen-bond donors (Lipinski definition) is 1. The van der Waals surface area contributed by atoms with Crippen LogP contribution in [-0.4, -0.2) is 31.2 Å². The molecule has 2 rings (SSSR count). The van der Waals surface area contributed by atoms with Crippen LogP contribution in [0.15, 0.2) is 29.2 Å². The molecule has 112 valence electrons. The largest absolute Gasteiger partial charge is 0.369 e. The zero-order valence-corrected chi connectivity index (χ0v) is 12.5. The molecule has 7 heteroatoms. The molecule has 0 aromatic heterocycles. The molecule has 1 aliphatic rings.